The minimum atomic E-state index is -0.279. The van der Waals surface area contributed by atoms with Crippen LogP contribution in [0.1, 0.15) is 25.7 Å². The van der Waals surface area contributed by atoms with Crippen molar-refractivity contribution in [3.05, 3.63) is 36.7 Å². The first-order valence-electron chi connectivity index (χ1n) is 7.72. The van der Waals surface area contributed by atoms with E-state index in [1.54, 1.807) is 0 Å². The van der Waals surface area contributed by atoms with E-state index in [2.05, 4.69) is 34.6 Å². The van der Waals surface area contributed by atoms with Crippen molar-refractivity contribution in [1.82, 2.24) is 4.98 Å². The van der Waals surface area contributed by atoms with E-state index >= 15 is 0 Å². The predicted molar refractivity (Wildman–Crippen MR) is 82.3 cm³/mol. The molecule has 110 valence electrons. The van der Waals surface area contributed by atoms with Gasteiger partial charge in [0, 0.05) is 42.4 Å². The number of rotatable bonds is 2. The van der Waals surface area contributed by atoms with Crippen molar-refractivity contribution in [2.75, 3.05) is 18.5 Å². The normalized spacial score (nSPS) is 21.9. The molecule has 0 radical (unpaired) electrons. The van der Waals surface area contributed by atoms with Gasteiger partial charge in [-0.15, -0.1) is 0 Å². The first-order valence-corrected chi connectivity index (χ1v) is 7.72. The van der Waals surface area contributed by atoms with Gasteiger partial charge < -0.3 is 14.8 Å². The molecule has 2 aromatic rings. The molecule has 1 saturated heterocycles. The zero-order valence-corrected chi connectivity index (χ0v) is 12.0. The molecule has 4 rings (SSSR count). The summed E-state index contributed by atoms with van der Waals surface area (Å²) in [5.74, 6) is -0.279. The third-order valence-corrected chi connectivity index (χ3v) is 4.60. The number of nitrogens with one attached hydrogen (secondary N) is 1. The molecule has 0 atom stereocenters. The Labute approximate surface area is 124 Å². The van der Waals surface area contributed by atoms with Crippen LogP contribution in [0.3, 0.4) is 0 Å². The Kier molecular flexibility index (Phi) is 3.28. The molecule has 0 amide bonds. The second-order valence-electron chi connectivity index (χ2n) is 5.93. The van der Waals surface area contributed by atoms with Gasteiger partial charge in [0.2, 0.25) is 0 Å². The van der Waals surface area contributed by atoms with Crippen LogP contribution in [0.4, 0.5) is 5.69 Å². The molecule has 1 aromatic carbocycles. The second kappa shape index (κ2) is 5.28. The quantitative estimate of drug-likeness (QED) is 0.918. The number of anilines is 1. The lowest BCUT2D eigenvalue weighted by atomic mass is 9.89. The summed E-state index contributed by atoms with van der Waals surface area (Å²) < 4.78 is 11.6. The monoisotopic (exact) mass is 284 g/mol. The lowest BCUT2D eigenvalue weighted by Gasteiger charge is -2.36. The maximum atomic E-state index is 5.79. The Balaban J connectivity index is 1.49. The fourth-order valence-electron chi connectivity index (χ4n) is 3.45. The maximum absolute atomic E-state index is 5.79. The Bertz CT molecular complexity index is 622. The molecule has 1 spiro atoms. The molecule has 1 aromatic heterocycles. The average Bonchev–Trinajstić information content (AvgIpc) is 2.99. The van der Waals surface area contributed by atoms with Gasteiger partial charge >= 0.3 is 0 Å². The summed E-state index contributed by atoms with van der Waals surface area (Å²) in [7, 11) is 0. The Morgan fingerprint density at radius 2 is 1.90 bits per heavy atom. The first kappa shape index (κ1) is 13.0. The molecule has 1 aliphatic heterocycles. The average molecular weight is 284 g/mol. The molecular weight excluding hydrogens is 264 g/mol. The van der Waals surface area contributed by atoms with Crippen LogP contribution < -0.4 is 5.32 Å². The molecule has 1 aliphatic carbocycles. The van der Waals surface area contributed by atoms with Crippen molar-refractivity contribution in [2.45, 2.75) is 37.5 Å². The van der Waals surface area contributed by atoms with Gasteiger partial charge in [0.05, 0.1) is 13.2 Å². The minimum absolute atomic E-state index is 0.279. The fraction of sp³-hybridized carbons (Fsp3) is 0.471. The van der Waals surface area contributed by atoms with Gasteiger partial charge in [0.15, 0.2) is 5.79 Å². The molecule has 4 heteroatoms. The number of pyridine rings is 1. The van der Waals surface area contributed by atoms with Crippen LogP contribution in [0.2, 0.25) is 0 Å². The smallest absolute Gasteiger partial charge is 0.168 e. The van der Waals surface area contributed by atoms with Gasteiger partial charge in [-0.05, 0) is 30.4 Å². The van der Waals surface area contributed by atoms with Gasteiger partial charge in [-0.3, -0.25) is 4.98 Å². The molecule has 0 unspecified atom stereocenters. The summed E-state index contributed by atoms with van der Waals surface area (Å²) in [4.78, 5) is 4.24. The van der Waals surface area contributed by atoms with Crippen molar-refractivity contribution >= 4 is 16.5 Å². The van der Waals surface area contributed by atoms with E-state index < -0.39 is 0 Å². The second-order valence-corrected chi connectivity index (χ2v) is 5.93. The van der Waals surface area contributed by atoms with Crippen LogP contribution in [0.5, 0.6) is 0 Å². The summed E-state index contributed by atoms with van der Waals surface area (Å²) in [6, 6.07) is 8.89. The van der Waals surface area contributed by atoms with Crippen LogP contribution >= 0.6 is 0 Å². The molecule has 0 bridgehead atoms. The number of hydrogen-bond donors (Lipinski definition) is 1. The van der Waals surface area contributed by atoms with E-state index in [9.17, 15) is 0 Å². The van der Waals surface area contributed by atoms with Crippen LogP contribution in [0, 0.1) is 0 Å². The molecule has 2 aliphatic rings. The summed E-state index contributed by atoms with van der Waals surface area (Å²) >= 11 is 0. The Hall–Kier alpha value is -1.65. The summed E-state index contributed by atoms with van der Waals surface area (Å²) in [5.41, 5.74) is 1.18. The van der Waals surface area contributed by atoms with Crippen molar-refractivity contribution in [1.29, 1.82) is 0 Å². The van der Waals surface area contributed by atoms with Crippen molar-refractivity contribution in [2.24, 2.45) is 0 Å². The van der Waals surface area contributed by atoms with Gasteiger partial charge in [-0.25, -0.2) is 0 Å². The molecule has 2 fully saturated rings. The molecule has 21 heavy (non-hydrogen) atoms. The van der Waals surface area contributed by atoms with Gasteiger partial charge in [-0.2, -0.15) is 0 Å². The number of hydrogen-bond acceptors (Lipinski definition) is 4. The van der Waals surface area contributed by atoms with Crippen molar-refractivity contribution in [3.63, 3.8) is 0 Å². The van der Waals surface area contributed by atoms with Crippen LogP contribution in [-0.2, 0) is 9.47 Å². The fourth-order valence-corrected chi connectivity index (χ4v) is 3.45. The standard InChI is InChI=1S/C17H20N2O2/c1-2-13-6-9-18-12-15(13)16(3-1)19-14-4-7-17(8-5-14)20-10-11-21-17/h1-3,6,9,12,14,19H,4-5,7-8,10-11H2. The van der Waals surface area contributed by atoms with E-state index in [4.69, 9.17) is 9.47 Å². The highest BCUT2D eigenvalue weighted by Crippen LogP contribution is 2.37. The Morgan fingerprint density at radius 1 is 1.10 bits per heavy atom. The van der Waals surface area contributed by atoms with Gasteiger partial charge in [0.1, 0.15) is 0 Å². The minimum Gasteiger partial charge on any atom is -0.382 e. The summed E-state index contributed by atoms with van der Waals surface area (Å²) in [6.45, 7) is 1.49. The lowest BCUT2D eigenvalue weighted by molar-refractivity contribution is -0.177. The largest absolute Gasteiger partial charge is 0.382 e. The Morgan fingerprint density at radius 3 is 2.71 bits per heavy atom. The topological polar surface area (TPSA) is 43.4 Å². The summed E-state index contributed by atoms with van der Waals surface area (Å²) in [6.07, 6.45) is 7.89. The van der Waals surface area contributed by atoms with E-state index in [0.717, 1.165) is 38.9 Å². The highest BCUT2D eigenvalue weighted by atomic mass is 16.7. The maximum Gasteiger partial charge on any atom is 0.168 e. The van der Waals surface area contributed by atoms with Gasteiger partial charge in [0.25, 0.3) is 0 Å². The molecule has 2 heterocycles. The highest BCUT2D eigenvalue weighted by molar-refractivity contribution is 5.93. The van der Waals surface area contributed by atoms with E-state index in [1.807, 2.05) is 12.4 Å². The lowest BCUT2D eigenvalue weighted by Crippen LogP contribution is -2.39. The van der Waals surface area contributed by atoms with Crippen molar-refractivity contribution in [3.8, 4) is 0 Å². The van der Waals surface area contributed by atoms with E-state index in [0.29, 0.717) is 6.04 Å². The third-order valence-electron chi connectivity index (χ3n) is 4.60. The van der Waals surface area contributed by atoms with E-state index in [1.165, 1.54) is 16.5 Å². The number of ether oxygens (including phenoxy) is 2. The number of nitrogens with zero attached hydrogens (tertiary/aromatic N) is 1. The summed E-state index contributed by atoms with van der Waals surface area (Å²) in [5, 5.41) is 6.09. The molecule has 1 saturated carbocycles. The predicted octanol–water partition coefficient (Wildman–Crippen LogP) is 3.33. The zero-order valence-electron chi connectivity index (χ0n) is 12.0. The van der Waals surface area contributed by atoms with Crippen LogP contribution in [0.25, 0.3) is 10.8 Å². The highest BCUT2D eigenvalue weighted by Gasteiger charge is 2.40. The van der Waals surface area contributed by atoms with E-state index in [-0.39, 0.29) is 5.79 Å². The van der Waals surface area contributed by atoms with Crippen LogP contribution in [-0.4, -0.2) is 30.0 Å². The van der Waals surface area contributed by atoms with Crippen molar-refractivity contribution < 1.29 is 9.47 Å². The molecule has 4 nitrogen and oxygen atoms in total. The number of fused-ring (bicyclic) bond motifs is 1. The van der Waals surface area contributed by atoms with Gasteiger partial charge in [-0.1, -0.05) is 12.1 Å². The molecule has 1 N–H and O–H groups in total. The third kappa shape index (κ3) is 2.49. The number of benzene rings is 1. The number of aromatic nitrogens is 1. The molecular formula is C17H20N2O2. The van der Waals surface area contributed by atoms with Crippen LogP contribution in [0.15, 0.2) is 36.7 Å². The first-order chi connectivity index (χ1) is 10.3. The SMILES string of the molecule is c1cc(NC2CCC3(CC2)OCCO3)c2cnccc2c1. The zero-order chi connectivity index (χ0) is 14.1.